The number of carbonyl (C=O) groups is 1. The summed E-state index contributed by atoms with van der Waals surface area (Å²) < 4.78 is 0. The van der Waals surface area contributed by atoms with Crippen molar-refractivity contribution in [3.05, 3.63) is 29.3 Å². The van der Waals surface area contributed by atoms with E-state index >= 15 is 0 Å². The number of likely N-dealkylation sites (N-methyl/N-ethyl adjacent to an activating group) is 1. The molecule has 0 aliphatic carbocycles. The lowest BCUT2D eigenvalue weighted by Crippen LogP contribution is -2.41. The van der Waals surface area contributed by atoms with Gasteiger partial charge in [-0.15, -0.1) is 0 Å². The maximum absolute atomic E-state index is 12.6. The second kappa shape index (κ2) is 6.67. The highest BCUT2D eigenvalue weighted by Crippen LogP contribution is 2.26. The van der Waals surface area contributed by atoms with Crippen LogP contribution in [0.2, 0.25) is 0 Å². The molecule has 0 saturated carbocycles. The fourth-order valence-electron chi connectivity index (χ4n) is 3.12. The van der Waals surface area contributed by atoms with Crippen LogP contribution in [0.3, 0.4) is 0 Å². The van der Waals surface area contributed by atoms with Crippen molar-refractivity contribution < 1.29 is 15.0 Å². The van der Waals surface area contributed by atoms with Crippen molar-refractivity contribution in [3.8, 4) is 5.75 Å². The van der Waals surface area contributed by atoms with E-state index in [4.69, 9.17) is 0 Å². The van der Waals surface area contributed by atoms with Crippen molar-refractivity contribution in [2.24, 2.45) is 0 Å². The fraction of sp³-hybridized carbons (Fsp3) is 0.588. The van der Waals surface area contributed by atoms with Gasteiger partial charge in [0.1, 0.15) is 5.75 Å². The molecule has 1 amide bonds. The molecule has 0 unspecified atom stereocenters. The number of aromatic hydroxyl groups is 1. The molecule has 1 fully saturated rings. The van der Waals surface area contributed by atoms with Crippen LogP contribution in [0.5, 0.6) is 5.75 Å². The highest BCUT2D eigenvalue weighted by molar-refractivity contribution is 5.96. The number of amides is 1. The Bertz CT molecular complexity index is 545. The summed E-state index contributed by atoms with van der Waals surface area (Å²) in [4.78, 5) is 16.3. The summed E-state index contributed by atoms with van der Waals surface area (Å²) in [5, 5.41) is 20.6. The zero-order chi connectivity index (χ0) is 16.3. The topological polar surface area (TPSA) is 64.0 Å². The average molecular weight is 306 g/mol. The standard InChI is InChI=1S/C17H26N2O3/c1-13-5-6-14(15(20)11-13)16(21)19-9-4-7-17(22,8-10-19)12-18(2)3/h5-6,11,20,22H,4,7-10,12H2,1-3H3/t17-/m0/s1. The summed E-state index contributed by atoms with van der Waals surface area (Å²) in [6.45, 7) is 3.60. The van der Waals surface area contributed by atoms with Crippen molar-refractivity contribution in [2.75, 3.05) is 33.7 Å². The Balaban J connectivity index is 2.09. The number of benzene rings is 1. The average Bonchev–Trinajstić information content (AvgIpc) is 2.59. The van der Waals surface area contributed by atoms with Gasteiger partial charge in [0, 0.05) is 19.6 Å². The zero-order valence-electron chi connectivity index (χ0n) is 13.7. The fourth-order valence-corrected chi connectivity index (χ4v) is 3.12. The van der Waals surface area contributed by atoms with E-state index in [-0.39, 0.29) is 11.7 Å². The molecular formula is C17H26N2O3. The maximum Gasteiger partial charge on any atom is 0.257 e. The molecule has 5 heteroatoms. The molecule has 2 rings (SSSR count). The Morgan fingerprint density at radius 1 is 1.32 bits per heavy atom. The molecule has 122 valence electrons. The Kier molecular flexibility index (Phi) is 5.08. The van der Waals surface area contributed by atoms with Crippen molar-refractivity contribution in [1.29, 1.82) is 0 Å². The van der Waals surface area contributed by atoms with Gasteiger partial charge in [-0.05, 0) is 58.0 Å². The first kappa shape index (κ1) is 16.8. The third kappa shape index (κ3) is 3.99. The van der Waals surface area contributed by atoms with Crippen LogP contribution < -0.4 is 0 Å². The van der Waals surface area contributed by atoms with Gasteiger partial charge in [-0.1, -0.05) is 6.07 Å². The van der Waals surface area contributed by atoms with Gasteiger partial charge in [0.15, 0.2) is 0 Å². The molecule has 0 bridgehead atoms. The third-order valence-electron chi connectivity index (χ3n) is 4.20. The smallest absolute Gasteiger partial charge is 0.257 e. The number of aryl methyl sites for hydroxylation is 1. The molecule has 2 N–H and O–H groups in total. The van der Waals surface area contributed by atoms with Crippen LogP contribution in [0.4, 0.5) is 0 Å². The number of hydrogen-bond donors (Lipinski definition) is 2. The first-order valence-corrected chi connectivity index (χ1v) is 7.77. The second-order valence-corrected chi connectivity index (χ2v) is 6.63. The molecule has 1 atom stereocenters. The number of phenolic OH excluding ortho intramolecular Hbond substituents is 1. The van der Waals surface area contributed by atoms with Gasteiger partial charge in [0.25, 0.3) is 5.91 Å². The molecular weight excluding hydrogens is 280 g/mol. The van der Waals surface area contributed by atoms with E-state index in [9.17, 15) is 15.0 Å². The monoisotopic (exact) mass is 306 g/mol. The minimum Gasteiger partial charge on any atom is -0.507 e. The quantitative estimate of drug-likeness (QED) is 0.891. The van der Waals surface area contributed by atoms with Gasteiger partial charge in [0.05, 0.1) is 11.2 Å². The van der Waals surface area contributed by atoms with Crippen molar-refractivity contribution in [3.63, 3.8) is 0 Å². The number of aliphatic hydroxyl groups is 1. The number of hydrogen-bond acceptors (Lipinski definition) is 4. The Hall–Kier alpha value is -1.59. The molecule has 0 radical (unpaired) electrons. The normalized spacial score (nSPS) is 22.7. The van der Waals surface area contributed by atoms with Gasteiger partial charge in [-0.2, -0.15) is 0 Å². The lowest BCUT2D eigenvalue weighted by atomic mass is 9.94. The molecule has 5 nitrogen and oxygen atoms in total. The second-order valence-electron chi connectivity index (χ2n) is 6.63. The predicted octanol–water partition coefficient (Wildman–Crippen LogP) is 1.62. The van der Waals surface area contributed by atoms with Crippen LogP contribution >= 0.6 is 0 Å². The molecule has 1 heterocycles. The summed E-state index contributed by atoms with van der Waals surface area (Å²) in [5.74, 6) is -0.135. The predicted molar refractivity (Wildman–Crippen MR) is 86.1 cm³/mol. The van der Waals surface area contributed by atoms with Crippen LogP contribution in [0.25, 0.3) is 0 Å². The van der Waals surface area contributed by atoms with Crippen molar-refractivity contribution in [1.82, 2.24) is 9.80 Å². The zero-order valence-corrected chi connectivity index (χ0v) is 13.7. The number of likely N-dealkylation sites (tertiary alicyclic amines) is 1. The van der Waals surface area contributed by atoms with Crippen LogP contribution in [-0.2, 0) is 0 Å². The van der Waals surface area contributed by atoms with E-state index in [1.807, 2.05) is 32.0 Å². The lowest BCUT2D eigenvalue weighted by Gasteiger charge is -2.30. The number of nitrogens with zero attached hydrogens (tertiary/aromatic N) is 2. The molecule has 0 spiro atoms. The van der Waals surface area contributed by atoms with E-state index in [0.29, 0.717) is 38.0 Å². The van der Waals surface area contributed by atoms with Gasteiger partial charge >= 0.3 is 0 Å². The Morgan fingerprint density at radius 2 is 2.05 bits per heavy atom. The van der Waals surface area contributed by atoms with Gasteiger partial charge < -0.3 is 20.0 Å². The molecule has 1 saturated heterocycles. The summed E-state index contributed by atoms with van der Waals surface area (Å²) in [6, 6.07) is 5.10. The Labute approximate surface area is 132 Å². The third-order valence-corrected chi connectivity index (χ3v) is 4.20. The molecule has 22 heavy (non-hydrogen) atoms. The minimum atomic E-state index is -0.742. The largest absolute Gasteiger partial charge is 0.507 e. The SMILES string of the molecule is Cc1ccc(C(=O)N2CCC[C@@](O)(CN(C)C)CC2)c(O)c1. The highest BCUT2D eigenvalue weighted by atomic mass is 16.3. The highest BCUT2D eigenvalue weighted by Gasteiger charge is 2.32. The first-order valence-electron chi connectivity index (χ1n) is 7.77. The van der Waals surface area contributed by atoms with E-state index in [0.717, 1.165) is 12.0 Å². The number of phenols is 1. The van der Waals surface area contributed by atoms with E-state index in [2.05, 4.69) is 0 Å². The number of carbonyl (C=O) groups excluding carboxylic acids is 1. The van der Waals surface area contributed by atoms with Crippen LogP contribution in [0, 0.1) is 6.92 Å². The summed E-state index contributed by atoms with van der Waals surface area (Å²) >= 11 is 0. The van der Waals surface area contributed by atoms with Gasteiger partial charge in [-0.25, -0.2) is 0 Å². The first-order chi connectivity index (χ1) is 10.3. The summed E-state index contributed by atoms with van der Waals surface area (Å²) in [6.07, 6.45) is 2.01. The van der Waals surface area contributed by atoms with E-state index in [1.54, 1.807) is 17.0 Å². The lowest BCUT2D eigenvalue weighted by molar-refractivity contribution is 0.00305. The molecule has 1 aromatic rings. The Morgan fingerprint density at radius 3 is 2.68 bits per heavy atom. The van der Waals surface area contributed by atoms with E-state index < -0.39 is 5.60 Å². The molecule has 1 aromatic carbocycles. The van der Waals surface area contributed by atoms with Gasteiger partial charge in [-0.3, -0.25) is 4.79 Å². The van der Waals surface area contributed by atoms with Gasteiger partial charge in [0.2, 0.25) is 0 Å². The van der Waals surface area contributed by atoms with Crippen LogP contribution in [-0.4, -0.2) is 65.3 Å². The van der Waals surface area contributed by atoms with Crippen molar-refractivity contribution in [2.45, 2.75) is 31.8 Å². The molecule has 1 aliphatic rings. The van der Waals surface area contributed by atoms with E-state index in [1.165, 1.54) is 0 Å². The minimum absolute atomic E-state index is 0.0257. The molecule has 1 aliphatic heterocycles. The maximum atomic E-state index is 12.6. The molecule has 0 aromatic heterocycles. The van der Waals surface area contributed by atoms with Crippen LogP contribution in [0.1, 0.15) is 35.2 Å². The van der Waals surface area contributed by atoms with Crippen molar-refractivity contribution >= 4 is 5.91 Å². The summed E-state index contributed by atoms with van der Waals surface area (Å²) in [5.41, 5.74) is 0.516. The number of rotatable bonds is 3. The van der Waals surface area contributed by atoms with Crippen LogP contribution in [0.15, 0.2) is 18.2 Å². The summed E-state index contributed by atoms with van der Waals surface area (Å²) in [7, 11) is 3.88.